The van der Waals surface area contributed by atoms with E-state index in [-0.39, 0.29) is 17.2 Å². The third kappa shape index (κ3) is 1.07. The minimum Gasteiger partial charge on any atom is -0.465 e. The second-order valence-electron chi connectivity index (χ2n) is 5.54. The van der Waals surface area contributed by atoms with E-state index in [0.29, 0.717) is 17.2 Å². The first-order valence-corrected chi connectivity index (χ1v) is 6.38. The van der Waals surface area contributed by atoms with Crippen molar-refractivity contribution in [3.8, 4) is 0 Å². The Labute approximate surface area is 110 Å². The van der Waals surface area contributed by atoms with Crippen molar-refractivity contribution in [2.24, 2.45) is 13.0 Å². The maximum absolute atomic E-state index is 12.2. The van der Waals surface area contributed by atoms with E-state index in [4.69, 9.17) is 4.74 Å². The smallest absolute Gasteiger partial charge is 0.339 e. The number of piperidine rings is 1. The Bertz CT molecular complexity index is 670. The van der Waals surface area contributed by atoms with Gasteiger partial charge in [-0.3, -0.25) is 4.79 Å². The van der Waals surface area contributed by atoms with Crippen LogP contribution in [0, 0.1) is 5.92 Å². The van der Waals surface area contributed by atoms with E-state index in [1.165, 1.54) is 7.11 Å². The van der Waals surface area contributed by atoms with Crippen molar-refractivity contribution in [2.45, 2.75) is 11.8 Å². The average Bonchev–Trinajstić information content (AvgIpc) is 2.83. The van der Waals surface area contributed by atoms with Crippen LogP contribution in [0.2, 0.25) is 0 Å². The van der Waals surface area contributed by atoms with Crippen LogP contribution in [0.3, 0.4) is 0 Å². The molecule has 1 saturated carbocycles. The number of ketones is 1. The number of hydrogen-bond acceptors (Lipinski definition) is 4. The predicted octanol–water partition coefficient (Wildman–Crippen LogP) is 0.753. The molecule has 1 N–H and O–H groups in total. The van der Waals surface area contributed by atoms with Gasteiger partial charge in [0.1, 0.15) is 0 Å². The van der Waals surface area contributed by atoms with Gasteiger partial charge in [-0.15, -0.1) is 0 Å². The van der Waals surface area contributed by atoms with Crippen LogP contribution in [0.1, 0.15) is 32.8 Å². The topological polar surface area (TPSA) is 60.3 Å². The monoisotopic (exact) mass is 258 g/mol. The minimum atomic E-state index is -0.363. The quantitative estimate of drug-likeness (QED) is 0.755. The molecule has 1 saturated heterocycles. The summed E-state index contributed by atoms with van der Waals surface area (Å²) in [4.78, 5) is 24.2. The summed E-state index contributed by atoms with van der Waals surface area (Å²) in [6, 6.07) is 0. The molecule has 98 valence electrons. The van der Waals surface area contributed by atoms with Crippen molar-refractivity contribution in [1.82, 2.24) is 9.88 Å². The summed E-state index contributed by atoms with van der Waals surface area (Å²) >= 11 is 0. The molecule has 2 aliphatic carbocycles. The number of fused-ring (bicyclic) bond motifs is 1. The van der Waals surface area contributed by atoms with Gasteiger partial charge >= 0.3 is 5.97 Å². The van der Waals surface area contributed by atoms with Gasteiger partial charge in [-0.1, -0.05) is 0 Å². The third-order valence-corrected chi connectivity index (χ3v) is 4.67. The number of rotatable bonds is 1. The van der Waals surface area contributed by atoms with E-state index in [9.17, 15) is 9.59 Å². The normalized spacial score (nSPS) is 29.9. The van der Waals surface area contributed by atoms with Gasteiger partial charge in [-0.25, -0.2) is 4.79 Å². The largest absolute Gasteiger partial charge is 0.465 e. The highest BCUT2D eigenvalue weighted by Gasteiger charge is 2.65. The average molecular weight is 258 g/mol. The van der Waals surface area contributed by atoms with Crippen molar-refractivity contribution in [3.63, 3.8) is 0 Å². The molecule has 2 atom stereocenters. The molecular weight excluding hydrogens is 244 g/mol. The lowest BCUT2D eigenvalue weighted by Crippen LogP contribution is -2.27. The number of nitrogens with zero attached hydrogens (tertiary/aromatic N) is 1. The summed E-state index contributed by atoms with van der Waals surface area (Å²) in [7, 11) is 3.18. The Morgan fingerprint density at radius 3 is 3.05 bits per heavy atom. The Hall–Kier alpha value is -2.04. The molecule has 0 amide bonds. The number of allylic oxidation sites excluding steroid dienone is 2. The van der Waals surface area contributed by atoms with E-state index >= 15 is 0 Å². The molecule has 1 spiro atoms. The molecule has 1 aromatic rings. The highest BCUT2D eigenvalue weighted by molar-refractivity contribution is 6.10. The Morgan fingerprint density at radius 1 is 1.58 bits per heavy atom. The number of hydrogen-bond donors (Lipinski definition) is 1. The van der Waals surface area contributed by atoms with Crippen LogP contribution in [-0.4, -0.2) is 30.0 Å². The number of aromatic nitrogens is 1. The van der Waals surface area contributed by atoms with Crippen molar-refractivity contribution in [1.29, 1.82) is 0 Å². The van der Waals surface area contributed by atoms with E-state index < -0.39 is 0 Å². The second-order valence-corrected chi connectivity index (χ2v) is 5.54. The zero-order chi connectivity index (χ0) is 13.4. The van der Waals surface area contributed by atoms with Gasteiger partial charge in [0.25, 0.3) is 0 Å². The van der Waals surface area contributed by atoms with Gasteiger partial charge in [0.2, 0.25) is 5.78 Å². The van der Waals surface area contributed by atoms with E-state index in [1.54, 1.807) is 23.9 Å². The molecule has 1 aromatic heterocycles. The molecule has 0 radical (unpaired) electrons. The van der Waals surface area contributed by atoms with E-state index in [0.717, 1.165) is 24.2 Å². The summed E-state index contributed by atoms with van der Waals surface area (Å²) in [5, 5.41) is 3.29. The van der Waals surface area contributed by atoms with Crippen molar-refractivity contribution in [3.05, 3.63) is 34.8 Å². The van der Waals surface area contributed by atoms with Gasteiger partial charge in [0, 0.05) is 42.5 Å². The van der Waals surface area contributed by atoms with Crippen LogP contribution in [0.15, 0.2) is 18.0 Å². The number of ether oxygens (including phenoxy) is 1. The number of carbonyl (C=O) groups excluding carboxylic acids is 2. The maximum Gasteiger partial charge on any atom is 0.339 e. The first kappa shape index (κ1) is 10.8. The molecule has 1 aliphatic heterocycles. The molecule has 3 aliphatic rings. The Kier molecular flexibility index (Phi) is 1.77. The summed E-state index contributed by atoms with van der Waals surface area (Å²) in [5.41, 5.74) is 2.89. The first-order valence-electron chi connectivity index (χ1n) is 6.38. The lowest BCUT2D eigenvalue weighted by Gasteiger charge is -2.22. The highest BCUT2D eigenvalue weighted by Crippen LogP contribution is 2.64. The SMILES string of the molecule is COC(=O)c1cn(C)c2c1C13CC1CNC3=CC2=O. The number of methoxy groups -OCH3 is 1. The summed E-state index contributed by atoms with van der Waals surface area (Å²) in [6.07, 6.45) is 4.42. The highest BCUT2D eigenvalue weighted by atomic mass is 16.5. The molecule has 0 aromatic carbocycles. The first-order chi connectivity index (χ1) is 9.09. The summed E-state index contributed by atoms with van der Waals surface area (Å²) < 4.78 is 6.61. The van der Waals surface area contributed by atoms with E-state index in [2.05, 4.69) is 5.32 Å². The fourth-order valence-corrected chi connectivity index (χ4v) is 3.76. The number of esters is 1. The number of nitrogens with one attached hydrogen (secondary N) is 1. The van der Waals surface area contributed by atoms with Crippen LogP contribution < -0.4 is 5.32 Å². The molecule has 2 fully saturated rings. The van der Waals surface area contributed by atoms with Crippen LogP contribution >= 0.6 is 0 Å². The van der Waals surface area contributed by atoms with Crippen LogP contribution in [0.4, 0.5) is 0 Å². The van der Waals surface area contributed by atoms with Gasteiger partial charge in [0.15, 0.2) is 0 Å². The molecule has 0 bridgehead atoms. The lowest BCUT2D eigenvalue weighted by atomic mass is 9.83. The van der Waals surface area contributed by atoms with Gasteiger partial charge in [-0.05, 0) is 12.3 Å². The summed E-state index contributed by atoms with van der Waals surface area (Å²) in [6.45, 7) is 0.883. The van der Waals surface area contributed by atoms with E-state index in [1.807, 2.05) is 0 Å². The minimum absolute atomic E-state index is 0.0340. The van der Waals surface area contributed by atoms with Crippen molar-refractivity contribution in [2.75, 3.05) is 13.7 Å². The molecule has 5 nitrogen and oxygen atoms in total. The molecule has 2 heterocycles. The predicted molar refractivity (Wildman–Crippen MR) is 67.0 cm³/mol. The molecule has 2 unspecified atom stereocenters. The molecular formula is C14H14N2O3. The molecule has 5 heteroatoms. The van der Waals surface area contributed by atoms with Crippen molar-refractivity contribution < 1.29 is 14.3 Å². The van der Waals surface area contributed by atoms with Crippen molar-refractivity contribution >= 4 is 11.8 Å². The zero-order valence-corrected chi connectivity index (χ0v) is 10.8. The van der Waals surface area contributed by atoms with Crippen LogP contribution in [0.5, 0.6) is 0 Å². The fraction of sp³-hybridized carbons (Fsp3) is 0.429. The van der Waals surface area contributed by atoms with Gasteiger partial charge in [-0.2, -0.15) is 0 Å². The second kappa shape index (κ2) is 3.10. The molecule has 19 heavy (non-hydrogen) atoms. The standard InChI is InChI=1S/C14H14N2O3/c1-16-6-8(13(18)19-2)11-12(16)9(17)3-10-14(11)4-7(14)5-15-10/h3,6-7,15H,4-5H2,1-2H3. The third-order valence-electron chi connectivity index (χ3n) is 4.67. The zero-order valence-electron chi connectivity index (χ0n) is 10.8. The molecule has 4 rings (SSSR count). The summed E-state index contributed by atoms with van der Waals surface area (Å²) in [5.74, 6) is 0.0996. The Balaban J connectivity index is 2.02. The number of aryl methyl sites for hydroxylation is 1. The maximum atomic E-state index is 12.2. The van der Waals surface area contributed by atoms with Gasteiger partial charge < -0.3 is 14.6 Å². The van der Waals surface area contributed by atoms with Crippen LogP contribution in [-0.2, 0) is 17.2 Å². The van der Waals surface area contributed by atoms with Crippen LogP contribution in [0.25, 0.3) is 0 Å². The Morgan fingerprint density at radius 2 is 2.37 bits per heavy atom. The number of carbonyl (C=O) groups is 2. The lowest BCUT2D eigenvalue weighted by molar-refractivity contribution is 0.0599. The fourth-order valence-electron chi connectivity index (χ4n) is 3.76. The van der Waals surface area contributed by atoms with Gasteiger partial charge in [0.05, 0.1) is 18.4 Å².